The van der Waals surface area contributed by atoms with Crippen LogP contribution in [0.4, 0.5) is 5.82 Å². The molecule has 1 N–H and O–H groups in total. The van der Waals surface area contributed by atoms with Crippen LogP contribution in [0.5, 0.6) is 0 Å². The van der Waals surface area contributed by atoms with Crippen molar-refractivity contribution < 1.29 is 4.79 Å². The van der Waals surface area contributed by atoms with E-state index in [1.165, 1.54) is 31.2 Å². The molecule has 0 bridgehead atoms. The van der Waals surface area contributed by atoms with Crippen molar-refractivity contribution in [2.75, 3.05) is 24.5 Å². The van der Waals surface area contributed by atoms with Gasteiger partial charge in [-0.25, -0.2) is 14.6 Å². The minimum Gasteiger partial charge on any atom is -0.356 e. The molecule has 29 heavy (non-hydrogen) atoms. The van der Waals surface area contributed by atoms with Gasteiger partial charge in [0.2, 0.25) is 5.91 Å². The van der Waals surface area contributed by atoms with Crippen LogP contribution >= 0.6 is 0 Å². The molecular formula is C22H28N6O. The first-order valence-electron chi connectivity index (χ1n) is 10.5. The number of anilines is 1. The number of nitrogens with zero attached hydrogens (tertiary/aromatic N) is 5. The van der Waals surface area contributed by atoms with Crippen LogP contribution in [0.1, 0.15) is 37.7 Å². The predicted octanol–water partition coefficient (Wildman–Crippen LogP) is 2.96. The summed E-state index contributed by atoms with van der Waals surface area (Å²) in [6.45, 7) is 3.20. The molecule has 0 aliphatic carbocycles. The van der Waals surface area contributed by atoms with Gasteiger partial charge in [0.15, 0.2) is 5.65 Å². The molecule has 0 unspecified atom stereocenters. The summed E-state index contributed by atoms with van der Waals surface area (Å²) in [4.78, 5) is 23.5. The van der Waals surface area contributed by atoms with Gasteiger partial charge in [0.1, 0.15) is 12.1 Å². The highest BCUT2D eigenvalue weighted by atomic mass is 16.1. The number of hydrogen-bond acceptors (Lipinski definition) is 5. The van der Waals surface area contributed by atoms with Crippen molar-refractivity contribution in [3.63, 3.8) is 0 Å². The van der Waals surface area contributed by atoms with Gasteiger partial charge in [-0.2, -0.15) is 5.10 Å². The summed E-state index contributed by atoms with van der Waals surface area (Å²) in [5, 5.41) is 8.48. The third kappa shape index (κ3) is 4.91. The van der Waals surface area contributed by atoms with Crippen molar-refractivity contribution in [1.82, 2.24) is 25.1 Å². The van der Waals surface area contributed by atoms with E-state index >= 15 is 0 Å². The lowest BCUT2D eigenvalue weighted by Crippen LogP contribution is -2.27. The van der Waals surface area contributed by atoms with Gasteiger partial charge in [-0.3, -0.25) is 4.79 Å². The second-order valence-electron chi connectivity index (χ2n) is 7.54. The molecular weight excluding hydrogens is 364 g/mol. The van der Waals surface area contributed by atoms with Gasteiger partial charge in [-0.1, -0.05) is 43.2 Å². The molecule has 152 valence electrons. The molecule has 1 amide bonds. The number of hydrogen-bond donors (Lipinski definition) is 1. The minimum atomic E-state index is 0.0604. The highest BCUT2D eigenvalue weighted by molar-refractivity contribution is 5.86. The first-order valence-corrected chi connectivity index (χ1v) is 10.5. The molecule has 0 radical (unpaired) electrons. The van der Waals surface area contributed by atoms with Gasteiger partial charge >= 0.3 is 0 Å². The molecule has 4 rings (SSSR count). The van der Waals surface area contributed by atoms with Crippen LogP contribution in [-0.4, -0.2) is 45.3 Å². The maximum Gasteiger partial charge on any atom is 0.220 e. The van der Waals surface area contributed by atoms with Gasteiger partial charge in [0.05, 0.1) is 18.1 Å². The van der Waals surface area contributed by atoms with Gasteiger partial charge in [0, 0.05) is 26.1 Å². The monoisotopic (exact) mass is 392 g/mol. The average molecular weight is 393 g/mol. The van der Waals surface area contributed by atoms with Gasteiger partial charge < -0.3 is 10.2 Å². The van der Waals surface area contributed by atoms with Crippen molar-refractivity contribution >= 4 is 22.8 Å². The highest BCUT2D eigenvalue weighted by Crippen LogP contribution is 2.25. The molecule has 1 saturated heterocycles. The summed E-state index contributed by atoms with van der Waals surface area (Å²) in [5.74, 6) is 1.04. The predicted molar refractivity (Wildman–Crippen MR) is 114 cm³/mol. The van der Waals surface area contributed by atoms with Crippen molar-refractivity contribution in [2.24, 2.45) is 0 Å². The summed E-state index contributed by atoms with van der Waals surface area (Å²) in [6, 6.07) is 10.1. The van der Waals surface area contributed by atoms with Crippen LogP contribution in [0.25, 0.3) is 11.0 Å². The quantitative estimate of drug-likeness (QED) is 0.669. The molecule has 0 spiro atoms. The zero-order valence-corrected chi connectivity index (χ0v) is 16.8. The largest absolute Gasteiger partial charge is 0.356 e. The van der Waals surface area contributed by atoms with E-state index in [0.29, 0.717) is 19.5 Å². The normalized spacial score (nSPS) is 14.7. The Morgan fingerprint density at radius 1 is 1.03 bits per heavy atom. The third-order valence-electron chi connectivity index (χ3n) is 5.45. The number of rotatable bonds is 7. The summed E-state index contributed by atoms with van der Waals surface area (Å²) in [5.41, 5.74) is 2.01. The van der Waals surface area contributed by atoms with E-state index in [4.69, 9.17) is 0 Å². The number of benzene rings is 1. The fourth-order valence-electron chi connectivity index (χ4n) is 3.87. The first-order chi connectivity index (χ1) is 14.3. The molecule has 7 nitrogen and oxygen atoms in total. The van der Waals surface area contributed by atoms with E-state index in [1.807, 2.05) is 41.2 Å². The molecule has 7 heteroatoms. The van der Waals surface area contributed by atoms with E-state index in [2.05, 4.69) is 25.3 Å². The Balaban J connectivity index is 1.34. The Bertz CT molecular complexity index is 931. The third-order valence-corrected chi connectivity index (χ3v) is 5.45. The Hall–Kier alpha value is -2.96. The molecule has 1 aliphatic heterocycles. The first kappa shape index (κ1) is 19.4. The standard InChI is InChI=1S/C22H28N6O/c29-20(11-10-18-8-4-3-5-9-18)23-12-15-28-22-19(16-26-28)21(24-17-25-22)27-13-6-1-2-7-14-27/h3-5,8-9,16-17H,1-2,6-7,10-15H2,(H,23,29). The second-order valence-corrected chi connectivity index (χ2v) is 7.54. The van der Waals surface area contributed by atoms with Crippen LogP contribution in [0.3, 0.4) is 0 Å². The number of amides is 1. The topological polar surface area (TPSA) is 75.9 Å². The van der Waals surface area contributed by atoms with Gasteiger partial charge in [-0.15, -0.1) is 0 Å². The maximum absolute atomic E-state index is 12.1. The van der Waals surface area contributed by atoms with E-state index in [0.717, 1.165) is 36.4 Å². The molecule has 1 fully saturated rings. The van der Waals surface area contributed by atoms with E-state index < -0.39 is 0 Å². The lowest BCUT2D eigenvalue weighted by Gasteiger charge is -2.21. The van der Waals surface area contributed by atoms with Crippen LogP contribution < -0.4 is 10.2 Å². The Morgan fingerprint density at radius 3 is 2.62 bits per heavy atom. The van der Waals surface area contributed by atoms with E-state index in [1.54, 1.807) is 6.33 Å². The van der Waals surface area contributed by atoms with Crippen molar-refractivity contribution in [3.05, 3.63) is 48.4 Å². The second kappa shape index (κ2) is 9.49. The molecule has 0 saturated carbocycles. The summed E-state index contributed by atoms with van der Waals surface area (Å²) < 4.78 is 1.86. The number of fused-ring (bicyclic) bond motifs is 1. The summed E-state index contributed by atoms with van der Waals surface area (Å²) >= 11 is 0. The van der Waals surface area contributed by atoms with Gasteiger partial charge in [-0.05, 0) is 24.8 Å². The van der Waals surface area contributed by atoms with E-state index in [9.17, 15) is 4.79 Å². The lowest BCUT2D eigenvalue weighted by molar-refractivity contribution is -0.121. The SMILES string of the molecule is O=C(CCc1ccccc1)NCCn1ncc2c(N3CCCCCC3)ncnc21. The molecule has 1 aromatic carbocycles. The molecule has 3 heterocycles. The Morgan fingerprint density at radius 2 is 1.83 bits per heavy atom. The van der Waals surface area contributed by atoms with Gasteiger partial charge in [0.25, 0.3) is 0 Å². The number of aromatic nitrogens is 4. The zero-order valence-electron chi connectivity index (χ0n) is 16.8. The molecule has 1 aliphatic rings. The molecule has 3 aromatic rings. The number of aryl methyl sites for hydroxylation is 1. The summed E-state index contributed by atoms with van der Waals surface area (Å²) in [7, 11) is 0. The highest BCUT2D eigenvalue weighted by Gasteiger charge is 2.17. The fourth-order valence-corrected chi connectivity index (χ4v) is 3.87. The minimum absolute atomic E-state index is 0.0604. The molecule has 2 aromatic heterocycles. The smallest absolute Gasteiger partial charge is 0.220 e. The maximum atomic E-state index is 12.1. The zero-order chi connectivity index (χ0) is 19.9. The average Bonchev–Trinajstić information content (AvgIpc) is 2.98. The fraction of sp³-hybridized carbons (Fsp3) is 0.455. The van der Waals surface area contributed by atoms with Crippen LogP contribution in [0, 0.1) is 0 Å². The Kier molecular flexibility index (Phi) is 6.34. The van der Waals surface area contributed by atoms with Crippen LogP contribution in [0.15, 0.2) is 42.9 Å². The lowest BCUT2D eigenvalue weighted by atomic mass is 10.1. The number of carbonyl (C=O) groups is 1. The number of nitrogens with one attached hydrogen (secondary N) is 1. The summed E-state index contributed by atoms with van der Waals surface area (Å²) in [6.07, 6.45) is 9.70. The molecule has 0 atom stereocenters. The van der Waals surface area contributed by atoms with Crippen LogP contribution in [0.2, 0.25) is 0 Å². The van der Waals surface area contributed by atoms with Crippen molar-refractivity contribution in [2.45, 2.75) is 45.1 Å². The van der Waals surface area contributed by atoms with Crippen molar-refractivity contribution in [1.29, 1.82) is 0 Å². The van der Waals surface area contributed by atoms with Crippen LogP contribution in [-0.2, 0) is 17.8 Å². The van der Waals surface area contributed by atoms with E-state index in [-0.39, 0.29) is 5.91 Å². The number of carbonyl (C=O) groups excluding carboxylic acids is 1. The Labute approximate surface area is 171 Å². The van der Waals surface area contributed by atoms with Crippen molar-refractivity contribution in [3.8, 4) is 0 Å².